The van der Waals surface area contributed by atoms with Gasteiger partial charge in [0.15, 0.2) is 0 Å². The summed E-state index contributed by atoms with van der Waals surface area (Å²) in [6, 6.07) is 15.8. The van der Waals surface area contributed by atoms with E-state index in [1.165, 1.54) is 6.08 Å². The zero-order valence-corrected chi connectivity index (χ0v) is 12.2. The normalized spacial score (nSPS) is 10.8. The van der Waals surface area contributed by atoms with Gasteiger partial charge in [0, 0.05) is 5.02 Å². The number of hydrogen-bond donors (Lipinski definition) is 1. The van der Waals surface area contributed by atoms with Crippen LogP contribution >= 0.6 is 11.6 Å². The minimum Gasteiger partial charge on any atom is -0.489 e. The number of nitriles is 1. The lowest BCUT2D eigenvalue weighted by Gasteiger charge is -2.07. The molecule has 0 aromatic heterocycles. The van der Waals surface area contributed by atoms with Gasteiger partial charge in [-0.2, -0.15) is 5.26 Å². The molecule has 22 heavy (non-hydrogen) atoms. The fourth-order valence-corrected chi connectivity index (χ4v) is 1.98. The molecule has 0 atom stereocenters. The van der Waals surface area contributed by atoms with E-state index in [-0.39, 0.29) is 5.57 Å². The van der Waals surface area contributed by atoms with E-state index < -0.39 is 5.97 Å². The molecule has 1 N–H and O–H groups in total. The molecule has 0 aliphatic heterocycles. The molecule has 0 radical (unpaired) electrons. The van der Waals surface area contributed by atoms with Gasteiger partial charge < -0.3 is 9.84 Å². The van der Waals surface area contributed by atoms with Crippen molar-refractivity contribution in [1.29, 1.82) is 5.26 Å². The molecule has 2 aromatic rings. The van der Waals surface area contributed by atoms with Crippen molar-refractivity contribution in [3.63, 3.8) is 0 Å². The lowest BCUT2D eigenvalue weighted by Crippen LogP contribution is -1.97. The molecule has 0 spiro atoms. The molecule has 110 valence electrons. The standard InChI is InChI=1S/C17H12ClNO3/c18-15-3-1-2-13(9-15)11-22-16-6-4-12(5-7-16)8-14(10-19)17(20)21/h1-9H,11H2,(H,20,21). The molecule has 0 aliphatic carbocycles. The van der Waals surface area contributed by atoms with Crippen LogP contribution in [0.4, 0.5) is 0 Å². The number of ether oxygens (including phenoxy) is 1. The van der Waals surface area contributed by atoms with Gasteiger partial charge in [0.2, 0.25) is 0 Å². The number of carboxylic acid groups (broad SMARTS) is 1. The molecule has 5 heteroatoms. The highest BCUT2D eigenvalue weighted by molar-refractivity contribution is 6.30. The highest BCUT2D eigenvalue weighted by atomic mass is 35.5. The summed E-state index contributed by atoms with van der Waals surface area (Å²) in [6.07, 6.45) is 1.31. The van der Waals surface area contributed by atoms with Crippen LogP contribution in [-0.2, 0) is 11.4 Å². The number of nitrogens with zero attached hydrogens (tertiary/aromatic N) is 1. The summed E-state index contributed by atoms with van der Waals surface area (Å²) in [7, 11) is 0. The van der Waals surface area contributed by atoms with Crippen molar-refractivity contribution < 1.29 is 14.6 Å². The van der Waals surface area contributed by atoms with Gasteiger partial charge in [-0.05, 0) is 41.5 Å². The quantitative estimate of drug-likeness (QED) is 0.671. The molecule has 4 nitrogen and oxygen atoms in total. The molecule has 0 saturated heterocycles. The lowest BCUT2D eigenvalue weighted by molar-refractivity contribution is -0.132. The summed E-state index contributed by atoms with van der Waals surface area (Å²) in [6.45, 7) is 0.383. The first kappa shape index (κ1) is 15.6. The number of benzene rings is 2. The smallest absolute Gasteiger partial charge is 0.346 e. The molecule has 0 aliphatic rings. The first-order chi connectivity index (χ1) is 10.6. The predicted molar refractivity (Wildman–Crippen MR) is 83.5 cm³/mol. The van der Waals surface area contributed by atoms with Crippen LogP contribution in [-0.4, -0.2) is 11.1 Å². The molecular weight excluding hydrogens is 302 g/mol. The summed E-state index contributed by atoms with van der Waals surface area (Å²) >= 11 is 5.90. The number of rotatable bonds is 5. The van der Waals surface area contributed by atoms with Crippen molar-refractivity contribution in [2.24, 2.45) is 0 Å². The van der Waals surface area contributed by atoms with E-state index in [1.54, 1.807) is 36.4 Å². The van der Waals surface area contributed by atoms with Crippen LogP contribution < -0.4 is 4.74 Å². The van der Waals surface area contributed by atoms with Gasteiger partial charge in [-0.1, -0.05) is 35.9 Å². The van der Waals surface area contributed by atoms with Gasteiger partial charge >= 0.3 is 5.97 Å². The molecule has 2 aromatic carbocycles. The number of halogens is 1. The third-order valence-electron chi connectivity index (χ3n) is 2.84. The molecule has 0 amide bonds. The van der Waals surface area contributed by atoms with Crippen molar-refractivity contribution >= 4 is 23.6 Å². The average molecular weight is 314 g/mol. The minimum atomic E-state index is -1.25. The van der Waals surface area contributed by atoms with E-state index in [4.69, 9.17) is 26.7 Å². The topological polar surface area (TPSA) is 70.3 Å². The van der Waals surface area contributed by atoms with Gasteiger partial charge in [0.05, 0.1) is 0 Å². The van der Waals surface area contributed by atoms with E-state index in [9.17, 15) is 4.79 Å². The monoisotopic (exact) mass is 313 g/mol. The predicted octanol–water partition coefficient (Wildman–Crippen LogP) is 3.91. The van der Waals surface area contributed by atoms with Crippen molar-refractivity contribution in [2.75, 3.05) is 0 Å². The Kier molecular flexibility index (Phi) is 5.18. The minimum absolute atomic E-state index is 0.312. The summed E-state index contributed by atoms with van der Waals surface area (Å²) in [5.74, 6) is -0.602. The van der Waals surface area contributed by atoms with Crippen LogP contribution in [0, 0.1) is 11.3 Å². The summed E-state index contributed by atoms with van der Waals surface area (Å²) in [4.78, 5) is 10.8. The molecular formula is C17H12ClNO3. The molecule has 0 fully saturated rings. The van der Waals surface area contributed by atoms with Gasteiger partial charge in [0.1, 0.15) is 24.0 Å². The van der Waals surface area contributed by atoms with E-state index in [0.717, 1.165) is 5.56 Å². The van der Waals surface area contributed by atoms with Crippen molar-refractivity contribution in [1.82, 2.24) is 0 Å². The van der Waals surface area contributed by atoms with Gasteiger partial charge in [0.25, 0.3) is 0 Å². The number of hydrogen-bond acceptors (Lipinski definition) is 3. The van der Waals surface area contributed by atoms with E-state index >= 15 is 0 Å². The molecule has 0 saturated carbocycles. The second kappa shape index (κ2) is 7.30. The molecule has 0 heterocycles. The fourth-order valence-electron chi connectivity index (χ4n) is 1.76. The van der Waals surface area contributed by atoms with Crippen LogP contribution in [0.1, 0.15) is 11.1 Å². The Morgan fingerprint density at radius 2 is 2.00 bits per heavy atom. The number of carbonyl (C=O) groups is 1. The second-order valence-corrected chi connectivity index (χ2v) is 4.90. The average Bonchev–Trinajstić information content (AvgIpc) is 2.51. The van der Waals surface area contributed by atoms with Crippen LogP contribution in [0.15, 0.2) is 54.1 Å². The zero-order valence-electron chi connectivity index (χ0n) is 11.5. The van der Waals surface area contributed by atoms with Crippen LogP contribution in [0.2, 0.25) is 5.02 Å². The maximum atomic E-state index is 10.8. The van der Waals surface area contributed by atoms with E-state index in [0.29, 0.717) is 22.9 Å². The summed E-state index contributed by atoms with van der Waals surface area (Å²) in [5, 5.41) is 18.2. The van der Waals surface area contributed by atoms with Gasteiger partial charge in [-0.15, -0.1) is 0 Å². The second-order valence-electron chi connectivity index (χ2n) is 4.46. The highest BCUT2D eigenvalue weighted by Gasteiger charge is 2.05. The number of aliphatic carboxylic acids is 1. The van der Waals surface area contributed by atoms with E-state index in [1.807, 2.05) is 18.2 Å². The number of carboxylic acids is 1. The third-order valence-corrected chi connectivity index (χ3v) is 3.07. The van der Waals surface area contributed by atoms with Crippen molar-refractivity contribution in [3.8, 4) is 11.8 Å². The van der Waals surface area contributed by atoms with Crippen molar-refractivity contribution in [2.45, 2.75) is 6.61 Å². The molecule has 2 rings (SSSR count). The maximum Gasteiger partial charge on any atom is 0.346 e. The Morgan fingerprint density at radius 1 is 1.27 bits per heavy atom. The maximum absolute atomic E-state index is 10.8. The van der Waals surface area contributed by atoms with Crippen LogP contribution in [0.3, 0.4) is 0 Å². The lowest BCUT2D eigenvalue weighted by atomic mass is 10.1. The third kappa shape index (κ3) is 4.37. The largest absolute Gasteiger partial charge is 0.489 e. The Balaban J connectivity index is 2.03. The Morgan fingerprint density at radius 3 is 2.59 bits per heavy atom. The highest BCUT2D eigenvalue weighted by Crippen LogP contribution is 2.17. The SMILES string of the molecule is N#CC(=Cc1ccc(OCc2cccc(Cl)c2)cc1)C(=O)O. The zero-order chi connectivity index (χ0) is 15.9. The molecule has 0 unspecified atom stereocenters. The van der Waals surface area contributed by atoms with Crippen LogP contribution in [0.25, 0.3) is 6.08 Å². The summed E-state index contributed by atoms with van der Waals surface area (Å²) in [5.41, 5.74) is 1.26. The first-order valence-electron chi connectivity index (χ1n) is 6.41. The Hall–Kier alpha value is -2.77. The molecule has 0 bridgehead atoms. The Labute approximate surface area is 132 Å². The van der Waals surface area contributed by atoms with Crippen LogP contribution in [0.5, 0.6) is 5.75 Å². The van der Waals surface area contributed by atoms with Crippen molar-refractivity contribution in [3.05, 3.63) is 70.3 Å². The van der Waals surface area contributed by atoms with E-state index in [2.05, 4.69) is 0 Å². The first-order valence-corrected chi connectivity index (χ1v) is 6.78. The summed E-state index contributed by atoms with van der Waals surface area (Å²) < 4.78 is 5.62. The fraction of sp³-hybridized carbons (Fsp3) is 0.0588. The van der Waals surface area contributed by atoms with Gasteiger partial charge in [-0.3, -0.25) is 0 Å². The Bertz CT molecular complexity index is 745. The van der Waals surface area contributed by atoms with Gasteiger partial charge in [-0.25, -0.2) is 4.79 Å².